The van der Waals surface area contributed by atoms with E-state index in [0.29, 0.717) is 0 Å². The summed E-state index contributed by atoms with van der Waals surface area (Å²) >= 11 is 0. The van der Waals surface area contributed by atoms with E-state index < -0.39 is 0 Å². The normalized spacial score (nSPS) is 11.2. The van der Waals surface area contributed by atoms with Gasteiger partial charge in [-0.2, -0.15) is 0 Å². The van der Waals surface area contributed by atoms with Gasteiger partial charge in [0.05, 0.1) is 14.2 Å². The zero-order chi connectivity index (χ0) is 22.2. The quantitative estimate of drug-likeness (QED) is 0.286. The second kappa shape index (κ2) is 10.3. The molecule has 0 spiro atoms. The van der Waals surface area contributed by atoms with E-state index in [-0.39, 0.29) is 0 Å². The van der Waals surface area contributed by atoms with Crippen molar-refractivity contribution in [3.8, 4) is 22.6 Å². The van der Waals surface area contributed by atoms with Crippen LogP contribution in [-0.2, 0) is 0 Å². The summed E-state index contributed by atoms with van der Waals surface area (Å²) in [4.78, 5) is 0. The van der Waals surface area contributed by atoms with Crippen LogP contribution in [0.4, 0.5) is 0 Å². The summed E-state index contributed by atoms with van der Waals surface area (Å²) in [7, 11) is 3.39. The van der Waals surface area contributed by atoms with Gasteiger partial charge in [-0.1, -0.05) is 109 Å². The van der Waals surface area contributed by atoms with Gasteiger partial charge < -0.3 is 9.47 Å². The first-order valence-electron chi connectivity index (χ1n) is 10.6. The van der Waals surface area contributed by atoms with Crippen LogP contribution >= 0.6 is 0 Å². The summed E-state index contributed by atoms with van der Waals surface area (Å²) < 4.78 is 10.8. The molecule has 0 unspecified atom stereocenters. The maximum absolute atomic E-state index is 5.41. The molecule has 4 aromatic carbocycles. The first-order valence-corrected chi connectivity index (χ1v) is 10.6. The van der Waals surface area contributed by atoms with Crippen molar-refractivity contribution >= 4 is 24.3 Å². The van der Waals surface area contributed by atoms with Gasteiger partial charge in [0.15, 0.2) is 0 Å². The largest absolute Gasteiger partial charge is 0.496 e. The number of benzene rings is 4. The van der Waals surface area contributed by atoms with E-state index in [1.165, 1.54) is 11.1 Å². The molecule has 0 aliphatic heterocycles. The van der Waals surface area contributed by atoms with E-state index in [1.807, 2.05) is 48.5 Å². The molecule has 4 aromatic rings. The third-order valence-corrected chi connectivity index (χ3v) is 5.34. The molecule has 0 aliphatic carbocycles. The van der Waals surface area contributed by atoms with E-state index in [2.05, 4.69) is 72.8 Å². The molecule has 32 heavy (non-hydrogen) atoms. The number of rotatable bonds is 7. The minimum Gasteiger partial charge on any atom is -0.496 e. The Balaban J connectivity index is 1.45. The van der Waals surface area contributed by atoms with Crippen LogP contribution in [0, 0.1) is 0 Å². The molecule has 2 nitrogen and oxygen atoms in total. The van der Waals surface area contributed by atoms with Crippen LogP contribution in [0.15, 0.2) is 97.1 Å². The number of hydrogen-bond donors (Lipinski definition) is 0. The summed E-state index contributed by atoms with van der Waals surface area (Å²) in [5.74, 6) is 1.75. The van der Waals surface area contributed by atoms with Crippen molar-refractivity contribution in [1.29, 1.82) is 0 Å². The van der Waals surface area contributed by atoms with Gasteiger partial charge in [0.25, 0.3) is 0 Å². The lowest BCUT2D eigenvalue weighted by Crippen LogP contribution is -1.85. The molecule has 0 aliphatic rings. The molecule has 0 atom stereocenters. The van der Waals surface area contributed by atoms with Crippen molar-refractivity contribution in [1.82, 2.24) is 0 Å². The van der Waals surface area contributed by atoms with Gasteiger partial charge in [0, 0.05) is 11.1 Å². The van der Waals surface area contributed by atoms with Crippen LogP contribution in [-0.4, -0.2) is 14.2 Å². The zero-order valence-corrected chi connectivity index (χ0v) is 18.4. The highest BCUT2D eigenvalue weighted by molar-refractivity contribution is 5.76. The molecule has 0 saturated carbocycles. The molecule has 4 rings (SSSR count). The summed E-state index contributed by atoms with van der Waals surface area (Å²) in [6.07, 6.45) is 8.37. The van der Waals surface area contributed by atoms with Crippen molar-refractivity contribution in [3.05, 3.63) is 119 Å². The van der Waals surface area contributed by atoms with Crippen molar-refractivity contribution in [2.75, 3.05) is 14.2 Å². The molecule has 0 bridgehead atoms. The van der Waals surface area contributed by atoms with Gasteiger partial charge in [-0.05, 0) is 34.4 Å². The molecule has 0 amide bonds. The number of ether oxygens (including phenoxy) is 2. The van der Waals surface area contributed by atoms with Crippen LogP contribution in [0.25, 0.3) is 35.4 Å². The Morgan fingerprint density at radius 1 is 0.438 bits per heavy atom. The van der Waals surface area contributed by atoms with Crippen molar-refractivity contribution < 1.29 is 9.47 Å². The first kappa shape index (κ1) is 21.2. The van der Waals surface area contributed by atoms with Crippen LogP contribution < -0.4 is 9.47 Å². The van der Waals surface area contributed by atoms with Gasteiger partial charge in [-0.3, -0.25) is 0 Å². The molecule has 2 heteroatoms. The molecule has 0 radical (unpaired) electrons. The molecular weight excluding hydrogens is 392 g/mol. The topological polar surface area (TPSA) is 18.5 Å². The lowest BCUT2D eigenvalue weighted by Gasteiger charge is -2.05. The van der Waals surface area contributed by atoms with E-state index in [1.54, 1.807) is 14.2 Å². The Kier molecular flexibility index (Phi) is 6.84. The second-order valence-electron chi connectivity index (χ2n) is 7.39. The Hall–Kier alpha value is -4.04. The number of hydrogen-bond acceptors (Lipinski definition) is 2. The maximum atomic E-state index is 5.41. The standard InChI is InChI=1S/C30H26O2/c1-31-29-9-5-3-7-27(29)21-15-23-11-17-25(18-12-23)26-19-13-24(14-20-26)16-22-28-8-4-6-10-30(28)32-2/h3-22H,1-2H3. The number of methoxy groups -OCH3 is 2. The van der Waals surface area contributed by atoms with Crippen LogP contribution in [0.3, 0.4) is 0 Å². The lowest BCUT2D eigenvalue weighted by molar-refractivity contribution is 0.414. The maximum Gasteiger partial charge on any atom is 0.126 e. The van der Waals surface area contributed by atoms with Gasteiger partial charge in [-0.25, -0.2) is 0 Å². The Bertz CT molecular complexity index is 1120. The van der Waals surface area contributed by atoms with E-state index in [0.717, 1.165) is 33.8 Å². The highest BCUT2D eigenvalue weighted by Crippen LogP contribution is 2.24. The predicted molar refractivity (Wildman–Crippen MR) is 136 cm³/mol. The minimum absolute atomic E-state index is 0.875. The molecule has 0 heterocycles. The zero-order valence-electron chi connectivity index (χ0n) is 18.4. The van der Waals surface area contributed by atoms with Crippen LogP contribution in [0.1, 0.15) is 22.3 Å². The van der Waals surface area contributed by atoms with Gasteiger partial charge >= 0.3 is 0 Å². The SMILES string of the molecule is COc1ccccc1C=Cc1ccc(-c2ccc(C=Cc3ccccc3OC)cc2)cc1. The fourth-order valence-electron chi connectivity index (χ4n) is 3.55. The lowest BCUT2D eigenvalue weighted by atomic mass is 10.0. The highest BCUT2D eigenvalue weighted by Gasteiger charge is 2.00. The third kappa shape index (κ3) is 5.16. The number of para-hydroxylation sites is 2. The van der Waals surface area contributed by atoms with Gasteiger partial charge in [0.1, 0.15) is 11.5 Å². The summed E-state index contributed by atoms with van der Waals surface area (Å²) in [6.45, 7) is 0. The van der Waals surface area contributed by atoms with E-state index >= 15 is 0 Å². The van der Waals surface area contributed by atoms with Crippen LogP contribution in [0.2, 0.25) is 0 Å². The van der Waals surface area contributed by atoms with Gasteiger partial charge in [-0.15, -0.1) is 0 Å². The average molecular weight is 419 g/mol. The Labute approximate surface area is 190 Å². The fraction of sp³-hybridized carbons (Fsp3) is 0.0667. The van der Waals surface area contributed by atoms with E-state index in [4.69, 9.17) is 9.47 Å². The van der Waals surface area contributed by atoms with Crippen molar-refractivity contribution in [3.63, 3.8) is 0 Å². The monoisotopic (exact) mass is 418 g/mol. The second-order valence-corrected chi connectivity index (χ2v) is 7.39. The fourth-order valence-corrected chi connectivity index (χ4v) is 3.55. The van der Waals surface area contributed by atoms with Crippen LogP contribution in [0.5, 0.6) is 11.5 Å². The molecule has 0 aromatic heterocycles. The summed E-state index contributed by atoms with van der Waals surface area (Å²) in [6, 6.07) is 33.2. The van der Waals surface area contributed by atoms with Crippen molar-refractivity contribution in [2.24, 2.45) is 0 Å². The molecule has 0 N–H and O–H groups in total. The molecule has 0 fully saturated rings. The van der Waals surface area contributed by atoms with Gasteiger partial charge in [0.2, 0.25) is 0 Å². The smallest absolute Gasteiger partial charge is 0.126 e. The third-order valence-electron chi connectivity index (χ3n) is 5.34. The first-order chi connectivity index (χ1) is 15.8. The summed E-state index contributed by atoms with van der Waals surface area (Å²) in [5, 5.41) is 0. The molecule has 158 valence electrons. The Morgan fingerprint density at radius 3 is 1.19 bits per heavy atom. The minimum atomic E-state index is 0.875. The predicted octanol–water partition coefficient (Wildman–Crippen LogP) is 7.71. The van der Waals surface area contributed by atoms with E-state index in [9.17, 15) is 0 Å². The molecular formula is C30H26O2. The molecule has 0 saturated heterocycles. The Morgan fingerprint density at radius 2 is 0.812 bits per heavy atom. The van der Waals surface area contributed by atoms with Crippen molar-refractivity contribution in [2.45, 2.75) is 0 Å². The average Bonchev–Trinajstić information content (AvgIpc) is 2.87. The highest BCUT2D eigenvalue weighted by atomic mass is 16.5. The summed E-state index contributed by atoms with van der Waals surface area (Å²) in [5.41, 5.74) is 6.82.